The Labute approximate surface area is 138 Å². The summed E-state index contributed by atoms with van der Waals surface area (Å²) in [5.74, 6) is 0. The van der Waals surface area contributed by atoms with Crippen molar-refractivity contribution in [2.75, 3.05) is 7.05 Å². The molecule has 0 amide bonds. The molecule has 2 rings (SSSR count). The third-order valence-corrected chi connectivity index (χ3v) is 5.10. The second kappa shape index (κ2) is 7.19. The molecule has 0 radical (unpaired) electrons. The first-order valence-electron chi connectivity index (χ1n) is 6.70. The van der Waals surface area contributed by atoms with Gasteiger partial charge in [0, 0.05) is 27.3 Å². The minimum absolute atomic E-state index is 0.0275. The molecule has 1 aromatic carbocycles. The molecule has 1 heterocycles. The third kappa shape index (κ3) is 4.14. The Balaban J connectivity index is 2.19. The molecule has 0 aliphatic rings. The number of benzene rings is 1. The molecule has 0 aliphatic heterocycles. The van der Waals surface area contributed by atoms with Gasteiger partial charge in [-0.25, -0.2) is 0 Å². The van der Waals surface area contributed by atoms with Gasteiger partial charge in [0.05, 0.1) is 17.7 Å². The molecule has 0 bridgehead atoms. The van der Waals surface area contributed by atoms with Gasteiger partial charge in [-0.15, -0.1) is 11.3 Å². The van der Waals surface area contributed by atoms with Crippen LogP contribution in [0.2, 0.25) is 0 Å². The lowest BCUT2D eigenvalue weighted by Gasteiger charge is -2.30. The van der Waals surface area contributed by atoms with E-state index in [0.717, 1.165) is 16.6 Å². The predicted molar refractivity (Wildman–Crippen MR) is 91.0 cm³/mol. The number of hydrogen-bond donors (Lipinski definition) is 1. The maximum atomic E-state index is 8.99. The summed E-state index contributed by atoms with van der Waals surface area (Å²) in [5.41, 5.74) is 8.00. The zero-order valence-corrected chi connectivity index (χ0v) is 14.5. The summed E-state index contributed by atoms with van der Waals surface area (Å²) in [4.78, 5) is 3.48. The van der Waals surface area contributed by atoms with Crippen LogP contribution in [0.4, 0.5) is 0 Å². The van der Waals surface area contributed by atoms with E-state index in [1.807, 2.05) is 31.2 Å². The molecule has 2 N–H and O–H groups in total. The Morgan fingerprint density at radius 1 is 1.43 bits per heavy atom. The van der Waals surface area contributed by atoms with Gasteiger partial charge in [-0.1, -0.05) is 12.1 Å². The molecule has 5 heteroatoms. The maximum Gasteiger partial charge on any atom is 0.0991 e. The first-order valence-corrected chi connectivity index (χ1v) is 8.37. The Bertz CT molecular complexity index is 645. The summed E-state index contributed by atoms with van der Waals surface area (Å²) < 4.78 is 1.09. The fraction of sp³-hybridized carbons (Fsp3) is 0.312. The number of likely N-dealkylation sites (N-methyl/N-ethyl adjacent to an activating group) is 1. The fourth-order valence-corrected chi connectivity index (χ4v) is 4.21. The van der Waals surface area contributed by atoms with Gasteiger partial charge in [-0.05, 0) is 53.7 Å². The SMILES string of the molecule is CC(N)C(c1cc(Br)cs1)N(C)Cc1cccc(C#N)c1. The predicted octanol–water partition coefficient (Wildman–Crippen LogP) is 3.90. The number of hydrogen-bond acceptors (Lipinski definition) is 4. The van der Waals surface area contributed by atoms with Gasteiger partial charge in [-0.2, -0.15) is 5.26 Å². The Morgan fingerprint density at radius 3 is 2.76 bits per heavy atom. The third-order valence-electron chi connectivity index (χ3n) is 3.34. The summed E-state index contributed by atoms with van der Waals surface area (Å²) in [7, 11) is 2.07. The first kappa shape index (κ1) is 16.2. The van der Waals surface area contributed by atoms with Gasteiger partial charge in [0.2, 0.25) is 0 Å². The first-order chi connectivity index (χ1) is 10.0. The maximum absolute atomic E-state index is 8.99. The summed E-state index contributed by atoms with van der Waals surface area (Å²) in [6.45, 7) is 2.79. The topological polar surface area (TPSA) is 53.0 Å². The molecular weight excluding hydrogens is 346 g/mol. The highest BCUT2D eigenvalue weighted by Gasteiger charge is 2.23. The largest absolute Gasteiger partial charge is 0.326 e. The summed E-state index contributed by atoms with van der Waals surface area (Å²) >= 11 is 5.21. The lowest BCUT2D eigenvalue weighted by molar-refractivity contribution is 0.214. The Hall–Kier alpha value is -1.19. The quantitative estimate of drug-likeness (QED) is 0.875. The van der Waals surface area contributed by atoms with E-state index in [-0.39, 0.29) is 12.1 Å². The van der Waals surface area contributed by atoms with Crippen molar-refractivity contribution in [1.29, 1.82) is 5.26 Å². The number of nitrogens with two attached hydrogens (primary N) is 1. The number of rotatable bonds is 5. The van der Waals surface area contributed by atoms with Crippen LogP contribution in [0.1, 0.15) is 29.0 Å². The lowest BCUT2D eigenvalue weighted by atomic mass is 10.1. The Morgan fingerprint density at radius 2 is 2.19 bits per heavy atom. The van der Waals surface area contributed by atoms with Crippen molar-refractivity contribution < 1.29 is 0 Å². The van der Waals surface area contributed by atoms with Gasteiger partial charge in [0.25, 0.3) is 0 Å². The van der Waals surface area contributed by atoms with Gasteiger partial charge in [0.15, 0.2) is 0 Å². The van der Waals surface area contributed by atoms with Crippen LogP contribution in [-0.4, -0.2) is 18.0 Å². The highest BCUT2D eigenvalue weighted by Crippen LogP contribution is 2.31. The van der Waals surface area contributed by atoms with Gasteiger partial charge < -0.3 is 5.73 Å². The van der Waals surface area contributed by atoms with Crippen molar-refractivity contribution >= 4 is 27.3 Å². The van der Waals surface area contributed by atoms with Crippen molar-refractivity contribution in [2.45, 2.75) is 25.6 Å². The molecular formula is C16H18BrN3S. The van der Waals surface area contributed by atoms with E-state index in [4.69, 9.17) is 11.0 Å². The van der Waals surface area contributed by atoms with Crippen LogP contribution in [0, 0.1) is 11.3 Å². The molecule has 2 unspecified atom stereocenters. The van der Waals surface area contributed by atoms with E-state index in [2.05, 4.69) is 45.4 Å². The zero-order chi connectivity index (χ0) is 15.4. The highest BCUT2D eigenvalue weighted by atomic mass is 79.9. The van der Waals surface area contributed by atoms with Crippen molar-refractivity contribution in [3.63, 3.8) is 0 Å². The summed E-state index contributed by atoms with van der Waals surface area (Å²) in [6.07, 6.45) is 0. The second-order valence-corrected chi connectivity index (χ2v) is 7.06. The van der Waals surface area contributed by atoms with Gasteiger partial charge >= 0.3 is 0 Å². The molecule has 0 fully saturated rings. The van der Waals surface area contributed by atoms with Crippen LogP contribution in [0.25, 0.3) is 0 Å². The van der Waals surface area contributed by atoms with Crippen LogP contribution in [0.15, 0.2) is 40.2 Å². The van der Waals surface area contributed by atoms with Crippen molar-refractivity contribution in [1.82, 2.24) is 4.90 Å². The van der Waals surface area contributed by atoms with E-state index in [0.29, 0.717) is 5.56 Å². The number of nitrogens with zero attached hydrogens (tertiary/aromatic N) is 2. The van der Waals surface area contributed by atoms with E-state index >= 15 is 0 Å². The molecule has 0 saturated heterocycles. The molecule has 2 atom stereocenters. The fourth-order valence-electron chi connectivity index (χ4n) is 2.49. The molecule has 110 valence electrons. The average molecular weight is 364 g/mol. The van der Waals surface area contributed by atoms with Crippen LogP contribution < -0.4 is 5.73 Å². The van der Waals surface area contributed by atoms with E-state index in [9.17, 15) is 0 Å². The standard InChI is InChI=1S/C16H18BrN3S/c1-11(19)16(15-7-14(17)10-21-15)20(2)9-13-5-3-4-12(6-13)8-18/h3-7,10-11,16H,9,19H2,1-2H3. The van der Waals surface area contributed by atoms with Crippen LogP contribution >= 0.6 is 27.3 Å². The zero-order valence-electron chi connectivity index (χ0n) is 12.1. The van der Waals surface area contributed by atoms with Crippen molar-refractivity contribution in [3.8, 4) is 6.07 Å². The minimum atomic E-state index is 0.0275. The smallest absolute Gasteiger partial charge is 0.0991 e. The van der Waals surface area contributed by atoms with Gasteiger partial charge in [-0.3, -0.25) is 4.90 Å². The molecule has 0 saturated carbocycles. The lowest BCUT2D eigenvalue weighted by Crippen LogP contribution is -2.36. The molecule has 0 aliphatic carbocycles. The monoisotopic (exact) mass is 363 g/mol. The van der Waals surface area contributed by atoms with Crippen LogP contribution in [-0.2, 0) is 6.54 Å². The van der Waals surface area contributed by atoms with Crippen molar-refractivity contribution in [3.05, 3.63) is 56.2 Å². The van der Waals surface area contributed by atoms with E-state index in [1.54, 1.807) is 11.3 Å². The van der Waals surface area contributed by atoms with Crippen LogP contribution in [0.3, 0.4) is 0 Å². The molecule has 3 nitrogen and oxygen atoms in total. The molecule has 2 aromatic rings. The number of nitriles is 1. The summed E-state index contributed by atoms with van der Waals surface area (Å²) in [6, 6.07) is 12.2. The van der Waals surface area contributed by atoms with Crippen LogP contribution in [0.5, 0.6) is 0 Å². The normalized spacial score (nSPS) is 13.9. The molecule has 1 aromatic heterocycles. The number of halogens is 1. The average Bonchev–Trinajstić information content (AvgIpc) is 2.84. The van der Waals surface area contributed by atoms with Crippen molar-refractivity contribution in [2.24, 2.45) is 5.73 Å². The van der Waals surface area contributed by atoms with E-state index < -0.39 is 0 Å². The Kier molecular flexibility index (Phi) is 5.54. The minimum Gasteiger partial charge on any atom is -0.326 e. The summed E-state index contributed by atoms with van der Waals surface area (Å²) in [5, 5.41) is 11.1. The molecule has 21 heavy (non-hydrogen) atoms. The van der Waals surface area contributed by atoms with Gasteiger partial charge in [0.1, 0.15) is 0 Å². The highest BCUT2D eigenvalue weighted by molar-refractivity contribution is 9.10. The second-order valence-electron chi connectivity index (χ2n) is 5.20. The number of thiophene rings is 1. The van der Waals surface area contributed by atoms with E-state index in [1.165, 1.54) is 4.88 Å². The molecule has 0 spiro atoms.